The fraction of sp³-hybridized carbons (Fsp3) is 0.261. The number of nitrogens with zero attached hydrogens (tertiary/aromatic N) is 3. The van der Waals surface area contributed by atoms with Crippen LogP contribution in [0.3, 0.4) is 0 Å². The number of rotatable bonds is 6. The second-order valence-corrected chi connectivity index (χ2v) is 7.46. The highest BCUT2D eigenvalue weighted by molar-refractivity contribution is 5.78. The van der Waals surface area contributed by atoms with Crippen LogP contribution in [-0.2, 0) is 0 Å². The number of aromatic amines is 1. The summed E-state index contributed by atoms with van der Waals surface area (Å²) in [7, 11) is 3.14. The van der Waals surface area contributed by atoms with Crippen LogP contribution in [0.1, 0.15) is 25.5 Å². The van der Waals surface area contributed by atoms with Crippen LogP contribution >= 0.6 is 0 Å². The lowest BCUT2D eigenvalue weighted by molar-refractivity contribution is 0.355. The zero-order chi connectivity index (χ0) is 21.3. The zero-order valence-electron chi connectivity index (χ0n) is 17.4. The van der Waals surface area contributed by atoms with E-state index < -0.39 is 0 Å². The first-order valence-corrected chi connectivity index (χ1v) is 9.75. The molecule has 0 spiro atoms. The number of H-pyrrole nitrogens is 1. The number of benzene rings is 2. The smallest absolute Gasteiger partial charge is 0.274 e. The summed E-state index contributed by atoms with van der Waals surface area (Å²) < 4.78 is 12.7. The van der Waals surface area contributed by atoms with Crippen molar-refractivity contribution >= 4 is 11.0 Å². The summed E-state index contributed by atoms with van der Waals surface area (Å²) in [6, 6.07) is 11.4. The Morgan fingerprint density at radius 2 is 1.83 bits per heavy atom. The lowest BCUT2D eigenvalue weighted by atomic mass is 9.95. The highest BCUT2D eigenvalue weighted by Gasteiger charge is 2.19. The third-order valence-electron chi connectivity index (χ3n) is 5.19. The molecule has 2 aromatic heterocycles. The van der Waals surface area contributed by atoms with Gasteiger partial charge in [0.25, 0.3) is 5.56 Å². The van der Waals surface area contributed by atoms with Crippen LogP contribution in [0.5, 0.6) is 11.5 Å². The van der Waals surface area contributed by atoms with Gasteiger partial charge in [0.1, 0.15) is 5.69 Å². The first-order chi connectivity index (χ1) is 14.5. The number of ether oxygens (including phenoxy) is 2. The Morgan fingerprint density at radius 1 is 1.03 bits per heavy atom. The molecule has 2 aromatic carbocycles. The molecule has 0 aliphatic rings. The van der Waals surface area contributed by atoms with Gasteiger partial charge in [0.2, 0.25) is 0 Å². The highest BCUT2D eigenvalue weighted by Crippen LogP contribution is 2.32. The highest BCUT2D eigenvalue weighted by atomic mass is 16.5. The van der Waals surface area contributed by atoms with E-state index in [1.165, 1.54) is 0 Å². The molecule has 7 heteroatoms. The predicted octanol–water partition coefficient (Wildman–Crippen LogP) is 4.05. The first-order valence-electron chi connectivity index (χ1n) is 9.75. The molecule has 0 aliphatic carbocycles. The number of hydrogen-bond donors (Lipinski definition) is 1. The molecule has 0 amide bonds. The van der Waals surface area contributed by atoms with Crippen molar-refractivity contribution in [2.24, 2.45) is 5.92 Å². The fourth-order valence-corrected chi connectivity index (χ4v) is 3.80. The van der Waals surface area contributed by atoms with Crippen molar-refractivity contribution in [2.75, 3.05) is 14.2 Å². The lowest BCUT2D eigenvalue weighted by Crippen LogP contribution is -2.16. The van der Waals surface area contributed by atoms with Crippen LogP contribution in [0, 0.1) is 5.92 Å². The predicted molar refractivity (Wildman–Crippen MR) is 116 cm³/mol. The van der Waals surface area contributed by atoms with E-state index in [-0.39, 0.29) is 11.6 Å². The molecule has 1 atom stereocenters. The van der Waals surface area contributed by atoms with E-state index in [9.17, 15) is 4.79 Å². The second kappa shape index (κ2) is 8.02. The average Bonchev–Trinajstić information content (AvgIpc) is 3.27. The van der Waals surface area contributed by atoms with Gasteiger partial charge in [-0.05, 0) is 41.8 Å². The maximum atomic E-state index is 12.7. The van der Waals surface area contributed by atoms with E-state index in [1.54, 1.807) is 38.6 Å². The molecule has 0 aliphatic heterocycles. The quantitative estimate of drug-likeness (QED) is 0.524. The Bertz CT molecular complexity index is 1230. The van der Waals surface area contributed by atoms with Crippen LogP contribution in [-0.4, -0.2) is 33.7 Å². The number of imidazole rings is 1. The van der Waals surface area contributed by atoms with Crippen LogP contribution in [0.4, 0.5) is 0 Å². The van der Waals surface area contributed by atoms with Gasteiger partial charge in [-0.25, -0.2) is 9.97 Å². The fourth-order valence-electron chi connectivity index (χ4n) is 3.80. The molecule has 0 radical (unpaired) electrons. The van der Waals surface area contributed by atoms with Gasteiger partial charge in [0.05, 0.1) is 37.6 Å². The molecule has 4 aromatic rings. The summed E-state index contributed by atoms with van der Waals surface area (Å²) in [5.74, 6) is 1.50. The summed E-state index contributed by atoms with van der Waals surface area (Å²) in [5, 5.41) is 0. The molecule has 0 saturated heterocycles. The number of nitrogens with one attached hydrogen (secondary N) is 1. The van der Waals surface area contributed by atoms with Gasteiger partial charge in [-0.15, -0.1) is 0 Å². The van der Waals surface area contributed by atoms with Gasteiger partial charge >= 0.3 is 0 Å². The summed E-state index contributed by atoms with van der Waals surface area (Å²) in [6.07, 6.45) is 5.57. The molecule has 4 rings (SSSR count). The normalized spacial score (nSPS) is 12.3. The van der Waals surface area contributed by atoms with Crippen molar-refractivity contribution in [3.63, 3.8) is 0 Å². The van der Waals surface area contributed by atoms with E-state index in [2.05, 4.69) is 28.4 Å². The van der Waals surface area contributed by atoms with Gasteiger partial charge in [-0.3, -0.25) is 4.79 Å². The SMILES string of the molecule is COc1ccc(-c2nc3cc(C(C(C)C)n4ccnc4)ccc3[nH]c2=O)cc1OC. The molecule has 2 heterocycles. The van der Waals surface area contributed by atoms with Crippen LogP contribution < -0.4 is 15.0 Å². The Labute approximate surface area is 174 Å². The lowest BCUT2D eigenvalue weighted by Gasteiger charge is -2.23. The first kappa shape index (κ1) is 19.7. The molecular weight excluding hydrogens is 380 g/mol. The maximum Gasteiger partial charge on any atom is 0.274 e. The van der Waals surface area contributed by atoms with Crippen molar-refractivity contribution in [2.45, 2.75) is 19.9 Å². The van der Waals surface area contributed by atoms with Crippen LogP contribution in [0.25, 0.3) is 22.3 Å². The Morgan fingerprint density at radius 3 is 2.50 bits per heavy atom. The van der Waals surface area contributed by atoms with Crippen molar-refractivity contribution in [3.05, 3.63) is 71.0 Å². The molecule has 154 valence electrons. The van der Waals surface area contributed by atoms with Crippen LogP contribution in [0.15, 0.2) is 59.9 Å². The summed E-state index contributed by atoms with van der Waals surface area (Å²) in [4.78, 5) is 24.5. The molecule has 0 bridgehead atoms. The minimum Gasteiger partial charge on any atom is -0.493 e. The molecule has 1 unspecified atom stereocenters. The van der Waals surface area contributed by atoms with E-state index in [4.69, 9.17) is 14.5 Å². The Kier molecular flexibility index (Phi) is 5.27. The molecular formula is C23H24N4O3. The Balaban J connectivity index is 1.84. The molecule has 30 heavy (non-hydrogen) atoms. The van der Waals surface area contributed by atoms with Crippen LogP contribution in [0.2, 0.25) is 0 Å². The summed E-state index contributed by atoms with van der Waals surface area (Å²) in [5.41, 5.74) is 3.27. The minimum atomic E-state index is -0.252. The number of hydrogen-bond acceptors (Lipinski definition) is 5. The molecule has 7 nitrogen and oxygen atoms in total. The van der Waals surface area contributed by atoms with Gasteiger partial charge < -0.3 is 19.0 Å². The third kappa shape index (κ3) is 3.54. The van der Waals surface area contributed by atoms with E-state index >= 15 is 0 Å². The molecule has 0 fully saturated rings. The van der Waals surface area contributed by atoms with Crippen molar-refractivity contribution in [1.82, 2.24) is 19.5 Å². The number of methoxy groups -OCH3 is 2. The zero-order valence-corrected chi connectivity index (χ0v) is 17.4. The van der Waals surface area contributed by atoms with Crippen molar-refractivity contribution in [3.8, 4) is 22.8 Å². The maximum absolute atomic E-state index is 12.7. The number of fused-ring (bicyclic) bond motifs is 1. The minimum absolute atomic E-state index is 0.121. The van der Waals surface area contributed by atoms with Crippen molar-refractivity contribution in [1.29, 1.82) is 0 Å². The van der Waals surface area contributed by atoms with Gasteiger partial charge in [-0.2, -0.15) is 0 Å². The molecule has 1 N–H and O–H groups in total. The number of aromatic nitrogens is 4. The van der Waals surface area contributed by atoms with E-state index in [0.717, 1.165) is 11.1 Å². The largest absolute Gasteiger partial charge is 0.493 e. The topological polar surface area (TPSA) is 82.0 Å². The summed E-state index contributed by atoms with van der Waals surface area (Å²) >= 11 is 0. The van der Waals surface area contributed by atoms with E-state index in [0.29, 0.717) is 34.2 Å². The monoisotopic (exact) mass is 404 g/mol. The average molecular weight is 404 g/mol. The van der Waals surface area contributed by atoms with Crippen molar-refractivity contribution < 1.29 is 9.47 Å². The standard InChI is InChI=1S/C23H24N4O3/c1-14(2)22(27-10-9-24-13-27)16-5-7-17-18(11-16)25-21(23(28)26-17)15-6-8-19(29-3)20(12-15)30-4/h5-14,22H,1-4H3,(H,26,28). The van der Waals surface area contributed by atoms with Gasteiger partial charge in [0.15, 0.2) is 11.5 Å². The molecule has 0 saturated carbocycles. The van der Waals surface area contributed by atoms with Gasteiger partial charge in [0, 0.05) is 18.0 Å². The Hall–Kier alpha value is -3.61. The second-order valence-electron chi connectivity index (χ2n) is 7.46. The third-order valence-corrected chi connectivity index (χ3v) is 5.19. The van der Waals surface area contributed by atoms with Gasteiger partial charge in [-0.1, -0.05) is 19.9 Å². The summed E-state index contributed by atoms with van der Waals surface area (Å²) in [6.45, 7) is 4.34. The van der Waals surface area contributed by atoms with E-state index in [1.807, 2.05) is 30.7 Å².